The number of carbonyl (C=O) groups is 1. The fourth-order valence-corrected chi connectivity index (χ4v) is 2.72. The molecule has 1 aliphatic carbocycles. The third-order valence-corrected chi connectivity index (χ3v) is 3.60. The molecule has 0 amide bonds. The maximum atomic E-state index is 11.6. The van der Waals surface area contributed by atoms with Crippen LogP contribution in [0.25, 0.3) is 0 Å². The van der Waals surface area contributed by atoms with Crippen molar-refractivity contribution >= 4 is 5.97 Å². The largest absolute Gasteiger partial charge is 0.465 e. The zero-order chi connectivity index (χ0) is 12.3. The Morgan fingerprint density at radius 1 is 1.41 bits per heavy atom. The van der Waals surface area contributed by atoms with E-state index in [9.17, 15) is 4.79 Å². The van der Waals surface area contributed by atoms with Gasteiger partial charge in [0.25, 0.3) is 0 Å². The lowest BCUT2D eigenvalue weighted by molar-refractivity contribution is -0.143. The molecule has 0 bridgehead atoms. The highest BCUT2D eigenvalue weighted by molar-refractivity contribution is 5.69. The molecule has 2 rings (SSSR count). The van der Waals surface area contributed by atoms with Crippen LogP contribution in [0, 0.1) is 6.92 Å². The third-order valence-electron chi connectivity index (χ3n) is 3.60. The smallest absolute Gasteiger partial charge is 0.325 e. The van der Waals surface area contributed by atoms with Crippen LogP contribution in [0.15, 0.2) is 12.1 Å². The van der Waals surface area contributed by atoms with Gasteiger partial charge in [-0.1, -0.05) is 12.8 Å². The topological polar surface area (TPSA) is 31.2 Å². The van der Waals surface area contributed by atoms with Gasteiger partial charge in [0, 0.05) is 11.4 Å². The standard InChI is InChI=1S/C14H21NO2/c1-3-17-14(16)10-15-11(2)8-9-13(15)12-6-4-5-7-12/h8-9,12H,3-7,10H2,1-2H3. The zero-order valence-corrected chi connectivity index (χ0v) is 10.7. The van der Waals surface area contributed by atoms with Gasteiger partial charge in [-0.2, -0.15) is 0 Å². The number of carbonyl (C=O) groups excluding carboxylic acids is 1. The van der Waals surface area contributed by atoms with Crippen LogP contribution < -0.4 is 0 Å². The zero-order valence-electron chi connectivity index (χ0n) is 10.7. The van der Waals surface area contributed by atoms with Gasteiger partial charge in [-0.05, 0) is 44.7 Å². The molecule has 3 heteroatoms. The van der Waals surface area contributed by atoms with Crippen molar-refractivity contribution in [3.63, 3.8) is 0 Å². The van der Waals surface area contributed by atoms with Crippen LogP contribution in [0.5, 0.6) is 0 Å². The van der Waals surface area contributed by atoms with Gasteiger partial charge < -0.3 is 9.30 Å². The molecule has 1 fully saturated rings. The summed E-state index contributed by atoms with van der Waals surface area (Å²) in [4.78, 5) is 11.6. The Balaban J connectivity index is 2.14. The van der Waals surface area contributed by atoms with Crippen LogP contribution in [-0.4, -0.2) is 17.1 Å². The first kappa shape index (κ1) is 12.2. The molecule has 0 unspecified atom stereocenters. The van der Waals surface area contributed by atoms with Crippen molar-refractivity contribution < 1.29 is 9.53 Å². The summed E-state index contributed by atoms with van der Waals surface area (Å²) in [5.41, 5.74) is 2.47. The van der Waals surface area contributed by atoms with Crippen molar-refractivity contribution in [2.75, 3.05) is 6.61 Å². The predicted molar refractivity (Wildman–Crippen MR) is 67.0 cm³/mol. The number of aromatic nitrogens is 1. The lowest BCUT2D eigenvalue weighted by atomic mass is 10.0. The quantitative estimate of drug-likeness (QED) is 0.751. The average molecular weight is 235 g/mol. The monoisotopic (exact) mass is 235 g/mol. The van der Waals surface area contributed by atoms with E-state index in [1.54, 1.807) is 0 Å². The molecule has 1 saturated carbocycles. The van der Waals surface area contributed by atoms with E-state index >= 15 is 0 Å². The number of rotatable bonds is 4. The van der Waals surface area contributed by atoms with Crippen molar-refractivity contribution in [1.82, 2.24) is 4.57 Å². The van der Waals surface area contributed by atoms with Gasteiger partial charge in [-0.3, -0.25) is 4.79 Å². The second-order valence-electron chi connectivity index (χ2n) is 4.77. The molecule has 0 spiro atoms. The lowest BCUT2D eigenvalue weighted by Crippen LogP contribution is -2.17. The highest BCUT2D eigenvalue weighted by atomic mass is 16.5. The Kier molecular flexibility index (Phi) is 3.87. The van der Waals surface area contributed by atoms with Crippen LogP contribution in [0.1, 0.15) is 49.9 Å². The molecule has 0 aromatic carbocycles. The molecule has 0 atom stereocenters. The molecule has 0 radical (unpaired) electrons. The molecule has 1 aromatic rings. The molecule has 1 heterocycles. The van der Waals surface area contributed by atoms with Gasteiger partial charge in [0.1, 0.15) is 6.54 Å². The Morgan fingerprint density at radius 2 is 2.12 bits per heavy atom. The number of nitrogens with zero attached hydrogens (tertiary/aromatic N) is 1. The summed E-state index contributed by atoms with van der Waals surface area (Å²) in [6.07, 6.45) is 5.14. The van der Waals surface area contributed by atoms with Gasteiger partial charge in [0.05, 0.1) is 6.61 Å². The molecule has 0 saturated heterocycles. The van der Waals surface area contributed by atoms with Crippen molar-refractivity contribution in [3.8, 4) is 0 Å². The molecule has 1 aliphatic rings. The molecule has 3 nitrogen and oxygen atoms in total. The van der Waals surface area contributed by atoms with E-state index in [4.69, 9.17) is 4.74 Å². The fraction of sp³-hybridized carbons (Fsp3) is 0.643. The first-order chi connectivity index (χ1) is 8.22. The van der Waals surface area contributed by atoms with Gasteiger partial charge in [-0.25, -0.2) is 0 Å². The summed E-state index contributed by atoms with van der Waals surface area (Å²) in [6.45, 7) is 4.71. The highest BCUT2D eigenvalue weighted by Crippen LogP contribution is 2.34. The number of hydrogen-bond acceptors (Lipinski definition) is 2. The van der Waals surface area contributed by atoms with Crippen molar-refractivity contribution in [2.24, 2.45) is 0 Å². The van der Waals surface area contributed by atoms with Crippen LogP contribution >= 0.6 is 0 Å². The van der Waals surface area contributed by atoms with E-state index in [1.165, 1.54) is 31.4 Å². The number of aryl methyl sites for hydroxylation is 1. The summed E-state index contributed by atoms with van der Waals surface area (Å²) >= 11 is 0. The van der Waals surface area contributed by atoms with E-state index < -0.39 is 0 Å². The van der Waals surface area contributed by atoms with Crippen LogP contribution in [0.4, 0.5) is 0 Å². The van der Waals surface area contributed by atoms with E-state index in [0.717, 1.165) is 5.69 Å². The van der Waals surface area contributed by atoms with E-state index in [-0.39, 0.29) is 5.97 Å². The van der Waals surface area contributed by atoms with Gasteiger partial charge >= 0.3 is 5.97 Å². The predicted octanol–water partition coefficient (Wildman–Crippen LogP) is 3.02. The lowest BCUT2D eigenvalue weighted by Gasteiger charge is -2.15. The Hall–Kier alpha value is -1.25. The summed E-state index contributed by atoms with van der Waals surface area (Å²) < 4.78 is 7.15. The Bertz CT molecular complexity index is 389. The second-order valence-corrected chi connectivity index (χ2v) is 4.77. The van der Waals surface area contributed by atoms with Crippen LogP contribution in [0.3, 0.4) is 0 Å². The molecule has 1 aromatic heterocycles. The molecule has 94 valence electrons. The number of hydrogen-bond donors (Lipinski definition) is 0. The van der Waals surface area contributed by atoms with Crippen molar-refractivity contribution in [3.05, 3.63) is 23.5 Å². The van der Waals surface area contributed by atoms with E-state index in [1.807, 2.05) is 6.92 Å². The first-order valence-electron chi connectivity index (χ1n) is 6.54. The third kappa shape index (κ3) is 2.71. The first-order valence-corrected chi connectivity index (χ1v) is 6.54. The minimum atomic E-state index is -0.133. The fourth-order valence-electron chi connectivity index (χ4n) is 2.72. The van der Waals surface area contributed by atoms with Gasteiger partial charge in [-0.15, -0.1) is 0 Å². The van der Waals surface area contributed by atoms with E-state index in [0.29, 0.717) is 19.1 Å². The minimum absolute atomic E-state index is 0.133. The molecule has 17 heavy (non-hydrogen) atoms. The molecule has 0 aliphatic heterocycles. The van der Waals surface area contributed by atoms with Gasteiger partial charge in [0.2, 0.25) is 0 Å². The average Bonchev–Trinajstić information content (AvgIpc) is 2.90. The molecule has 0 N–H and O–H groups in total. The van der Waals surface area contributed by atoms with Crippen LogP contribution in [0.2, 0.25) is 0 Å². The SMILES string of the molecule is CCOC(=O)Cn1c(C)ccc1C1CCCC1. The molecular weight excluding hydrogens is 214 g/mol. The van der Waals surface area contributed by atoms with E-state index in [2.05, 4.69) is 23.6 Å². The van der Waals surface area contributed by atoms with Crippen molar-refractivity contribution in [2.45, 2.75) is 52.0 Å². The van der Waals surface area contributed by atoms with Crippen LogP contribution in [-0.2, 0) is 16.1 Å². The second kappa shape index (κ2) is 5.39. The van der Waals surface area contributed by atoms with Crippen molar-refractivity contribution in [1.29, 1.82) is 0 Å². The Labute approximate surface area is 103 Å². The summed E-state index contributed by atoms with van der Waals surface area (Å²) in [5.74, 6) is 0.504. The minimum Gasteiger partial charge on any atom is -0.465 e. The van der Waals surface area contributed by atoms with Gasteiger partial charge in [0.15, 0.2) is 0 Å². The Morgan fingerprint density at radius 3 is 2.76 bits per heavy atom. The summed E-state index contributed by atoms with van der Waals surface area (Å²) in [5, 5.41) is 0. The number of esters is 1. The number of ether oxygens (including phenoxy) is 1. The summed E-state index contributed by atoms with van der Waals surface area (Å²) in [7, 11) is 0. The maximum absolute atomic E-state index is 11.6. The summed E-state index contributed by atoms with van der Waals surface area (Å²) in [6, 6.07) is 4.28. The molecular formula is C14H21NO2. The maximum Gasteiger partial charge on any atom is 0.325 e. The normalized spacial score (nSPS) is 16.4. The highest BCUT2D eigenvalue weighted by Gasteiger charge is 2.21.